The second-order valence-corrected chi connectivity index (χ2v) is 12.6. The second kappa shape index (κ2) is 16.5. The van der Waals surface area contributed by atoms with E-state index < -0.39 is 47.5 Å². The highest BCUT2D eigenvalue weighted by atomic mass is 16.6. The number of ether oxygens (including phenoxy) is 2. The summed E-state index contributed by atoms with van der Waals surface area (Å²) in [7, 11) is 0. The van der Waals surface area contributed by atoms with Crippen molar-refractivity contribution in [2.45, 2.75) is 98.1 Å². The van der Waals surface area contributed by atoms with Gasteiger partial charge in [0.2, 0.25) is 17.7 Å². The molecule has 0 aliphatic carbocycles. The van der Waals surface area contributed by atoms with E-state index in [1.54, 1.807) is 32.9 Å². The Morgan fingerprint density at radius 1 is 0.721 bits per heavy atom. The van der Waals surface area contributed by atoms with Crippen molar-refractivity contribution in [3.05, 3.63) is 65.7 Å². The molecule has 0 unspecified atom stereocenters. The number of rotatable bonds is 15. The van der Waals surface area contributed by atoms with Crippen LogP contribution in [0.25, 0.3) is 0 Å². The molecule has 2 aromatic rings. The van der Waals surface area contributed by atoms with Crippen LogP contribution in [-0.2, 0) is 32.1 Å². The van der Waals surface area contributed by atoms with Gasteiger partial charge in [-0.05, 0) is 68.7 Å². The minimum atomic E-state index is -1.05. The zero-order chi connectivity index (χ0) is 32.2. The maximum atomic E-state index is 13.6. The highest BCUT2D eigenvalue weighted by Gasteiger charge is 2.31. The molecule has 43 heavy (non-hydrogen) atoms. The lowest BCUT2D eigenvalue weighted by Crippen LogP contribution is -2.57. The number of carbonyl (C=O) groups excluding carboxylic acids is 4. The Morgan fingerprint density at radius 2 is 1.26 bits per heavy atom. The fourth-order valence-corrected chi connectivity index (χ4v) is 4.32. The molecule has 0 saturated carbocycles. The Morgan fingerprint density at radius 3 is 1.79 bits per heavy atom. The van der Waals surface area contributed by atoms with E-state index in [2.05, 4.69) is 16.0 Å². The predicted octanol–water partition coefficient (Wildman–Crippen LogP) is 4.25. The molecule has 0 fully saturated rings. The molecule has 0 aromatic heterocycles. The first-order chi connectivity index (χ1) is 20.1. The Hall–Kier alpha value is -4.08. The number of nitrogens with two attached hydrogens (primary N) is 1. The van der Waals surface area contributed by atoms with Crippen LogP contribution in [0, 0.1) is 11.8 Å². The highest BCUT2D eigenvalue weighted by Crippen LogP contribution is 2.17. The largest absolute Gasteiger partial charge is 0.489 e. The van der Waals surface area contributed by atoms with Crippen LogP contribution in [0.3, 0.4) is 0 Å². The van der Waals surface area contributed by atoms with E-state index in [9.17, 15) is 19.2 Å². The molecular weight excluding hydrogens is 548 g/mol. The Balaban J connectivity index is 2.20. The summed E-state index contributed by atoms with van der Waals surface area (Å²) in [6.45, 7) is 13.3. The summed E-state index contributed by atoms with van der Waals surface area (Å²) in [6.07, 6.45) is 0.0671. The standard InChI is InChI=1S/C33H48N4O6/c1-21(2)17-26(29(34)38)35-30(39)27(18-22(3)4)36-31(40)28(37-32(41)43-33(5,6)7)19-23-13-15-25(16-14-23)42-20-24-11-9-8-10-12-24/h8-16,21-22,26-28H,17-20H2,1-7H3,(H2,34,38)(H,35,39)(H,36,40)(H,37,41)/t26-,27-,28+/m0/s1. The molecule has 4 amide bonds. The van der Waals surface area contributed by atoms with Gasteiger partial charge in [0, 0.05) is 6.42 Å². The average Bonchev–Trinajstić information content (AvgIpc) is 2.90. The molecule has 2 rings (SSSR count). The van der Waals surface area contributed by atoms with Gasteiger partial charge in [0.1, 0.15) is 36.1 Å². The minimum Gasteiger partial charge on any atom is -0.489 e. The van der Waals surface area contributed by atoms with E-state index in [1.165, 1.54) is 0 Å². The Kier molecular flexibility index (Phi) is 13.5. The molecule has 0 spiro atoms. The van der Waals surface area contributed by atoms with Crippen molar-refractivity contribution in [1.82, 2.24) is 16.0 Å². The number of primary amides is 1. The number of hydrogen-bond donors (Lipinski definition) is 4. The van der Waals surface area contributed by atoms with Gasteiger partial charge in [-0.2, -0.15) is 0 Å². The first kappa shape index (κ1) is 35.1. The molecule has 0 aliphatic heterocycles. The molecule has 2 aromatic carbocycles. The lowest BCUT2D eigenvalue weighted by molar-refractivity contribution is -0.132. The molecule has 0 heterocycles. The first-order valence-corrected chi connectivity index (χ1v) is 14.8. The quantitative estimate of drug-likeness (QED) is 0.242. The molecule has 0 radical (unpaired) electrons. The van der Waals surface area contributed by atoms with E-state index in [0.29, 0.717) is 25.2 Å². The summed E-state index contributed by atoms with van der Waals surface area (Å²) in [5.41, 5.74) is 6.55. The van der Waals surface area contributed by atoms with Crippen LogP contribution >= 0.6 is 0 Å². The molecular formula is C33H48N4O6. The topological polar surface area (TPSA) is 149 Å². The minimum absolute atomic E-state index is 0.0499. The number of nitrogens with one attached hydrogen (secondary N) is 3. The van der Waals surface area contributed by atoms with Crippen LogP contribution in [0.5, 0.6) is 5.75 Å². The second-order valence-electron chi connectivity index (χ2n) is 12.6. The van der Waals surface area contributed by atoms with Crippen LogP contribution < -0.4 is 26.4 Å². The maximum absolute atomic E-state index is 13.6. The predicted molar refractivity (Wildman–Crippen MR) is 166 cm³/mol. The normalized spacial score (nSPS) is 13.5. The Labute approximate surface area is 255 Å². The fourth-order valence-electron chi connectivity index (χ4n) is 4.32. The summed E-state index contributed by atoms with van der Waals surface area (Å²) in [5, 5.41) is 8.14. The lowest BCUT2D eigenvalue weighted by atomic mass is 9.99. The van der Waals surface area contributed by atoms with Gasteiger partial charge >= 0.3 is 6.09 Å². The zero-order valence-electron chi connectivity index (χ0n) is 26.4. The van der Waals surface area contributed by atoms with Gasteiger partial charge < -0.3 is 31.2 Å². The molecule has 0 aliphatic rings. The maximum Gasteiger partial charge on any atom is 0.408 e. The van der Waals surface area contributed by atoms with E-state index in [0.717, 1.165) is 11.1 Å². The summed E-state index contributed by atoms with van der Waals surface area (Å²) < 4.78 is 11.3. The van der Waals surface area contributed by atoms with Crippen molar-refractivity contribution in [2.24, 2.45) is 17.6 Å². The Bertz CT molecular complexity index is 1190. The van der Waals surface area contributed by atoms with Gasteiger partial charge in [0.15, 0.2) is 0 Å². The van der Waals surface area contributed by atoms with E-state index in [1.807, 2.05) is 70.2 Å². The lowest BCUT2D eigenvalue weighted by Gasteiger charge is -2.27. The van der Waals surface area contributed by atoms with Gasteiger partial charge in [-0.3, -0.25) is 14.4 Å². The van der Waals surface area contributed by atoms with Crippen LogP contribution in [0.4, 0.5) is 4.79 Å². The van der Waals surface area contributed by atoms with Gasteiger partial charge in [-0.15, -0.1) is 0 Å². The SMILES string of the molecule is CC(C)C[C@H](NC(=O)[C@H](CC(C)C)NC(=O)[C@@H](Cc1ccc(OCc2ccccc2)cc1)NC(=O)OC(C)(C)C)C(N)=O. The van der Waals surface area contributed by atoms with Crippen LogP contribution in [0.15, 0.2) is 54.6 Å². The molecule has 0 bridgehead atoms. The number of benzene rings is 2. The third-order valence-electron chi connectivity index (χ3n) is 6.33. The zero-order valence-corrected chi connectivity index (χ0v) is 26.4. The van der Waals surface area contributed by atoms with Crippen molar-refractivity contribution in [2.75, 3.05) is 0 Å². The van der Waals surface area contributed by atoms with Crippen LogP contribution in [0.2, 0.25) is 0 Å². The molecule has 10 heteroatoms. The van der Waals surface area contributed by atoms with E-state index in [-0.39, 0.29) is 18.3 Å². The number of amides is 4. The van der Waals surface area contributed by atoms with Crippen molar-refractivity contribution in [3.63, 3.8) is 0 Å². The third-order valence-corrected chi connectivity index (χ3v) is 6.33. The fraction of sp³-hybridized carbons (Fsp3) is 0.515. The van der Waals surface area contributed by atoms with Crippen molar-refractivity contribution in [1.29, 1.82) is 0 Å². The third kappa shape index (κ3) is 13.6. The monoisotopic (exact) mass is 596 g/mol. The molecule has 0 saturated heterocycles. The van der Waals surface area contributed by atoms with Crippen molar-refractivity contribution >= 4 is 23.8 Å². The van der Waals surface area contributed by atoms with Crippen LogP contribution in [-0.4, -0.2) is 47.5 Å². The van der Waals surface area contributed by atoms with Gasteiger partial charge in [0.25, 0.3) is 0 Å². The molecule has 10 nitrogen and oxygen atoms in total. The highest BCUT2D eigenvalue weighted by molar-refractivity contribution is 5.93. The van der Waals surface area contributed by atoms with Gasteiger partial charge in [0.05, 0.1) is 0 Å². The van der Waals surface area contributed by atoms with E-state index >= 15 is 0 Å². The van der Waals surface area contributed by atoms with Crippen LogP contribution in [0.1, 0.15) is 72.4 Å². The van der Waals surface area contributed by atoms with Gasteiger partial charge in [-0.25, -0.2) is 4.79 Å². The molecule has 5 N–H and O–H groups in total. The van der Waals surface area contributed by atoms with Gasteiger partial charge in [-0.1, -0.05) is 70.2 Å². The summed E-state index contributed by atoms with van der Waals surface area (Å²) in [4.78, 5) is 51.5. The molecule has 236 valence electrons. The number of carbonyl (C=O) groups is 4. The summed E-state index contributed by atoms with van der Waals surface area (Å²) >= 11 is 0. The summed E-state index contributed by atoms with van der Waals surface area (Å²) in [5.74, 6) is -0.884. The smallest absolute Gasteiger partial charge is 0.408 e. The average molecular weight is 597 g/mol. The van der Waals surface area contributed by atoms with Crippen molar-refractivity contribution in [3.8, 4) is 5.75 Å². The molecule has 3 atom stereocenters. The number of hydrogen-bond acceptors (Lipinski definition) is 6. The van der Waals surface area contributed by atoms with Crippen molar-refractivity contribution < 1.29 is 28.7 Å². The first-order valence-electron chi connectivity index (χ1n) is 14.8. The number of alkyl carbamates (subject to hydrolysis) is 1. The van der Waals surface area contributed by atoms with E-state index in [4.69, 9.17) is 15.2 Å². The summed E-state index contributed by atoms with van der Waals surface area (Å²) in [6, 6.07) is 14.2.